The minimum Gasteiger partial charge on any atom is -0.279 e. The summed E-state index contributed by atoms with van der Waals surface area (Å²) in [5.41, 5.74) is -5.53. The van der Waals surface area contributed by atoms with Crippen molar-refractivity contribution in [3.8, 4) is 0 Å². The Bertz CT molecular complexity index is 182. The molecule has 0 unspecified atom stereocenters. The van der Waals surface area contributed by atoms with Crippen molar-refractivity contribution in [2.45, 2.75) is 5.51 Å². The van der Waals surface area contributed by atoms with Crippen molar-refractivity contribution in [2.75, 3.05) is 0 Å². The van der Waals surface area contributed by atoms with E-state index < -0.39 is 61.7 Å². The average Bonchev–Trinajstić information content (AvgIpc) is 1.60. The van der Waals surface area contributed by atoms with Crippen LogP contribution in [0.3, 0.4) is 0 Å². The molecule has 0 spiro atoms. The van der Waals surface area contributed by atoms with Gasteiger partial charge in [-0.15, -0.1) is 0 Å². The number of hydrogen-bond donors (Lipinski definition) is 1. The summed E-state index contributed by atoms with van der Waals surface area (Å²) in [4.78, 5) is 0. The average molecular weight is 319 g/mol. The van der Waals surface area contributed by atoms with E-state index in [-0.39, 0.29) is 0 Å². The molecule has 0 saturated heterocycles. The van der Waals surface area contributed by atoms with Crippen LogP contribution in [-0.4, -0.2) is 18.5 Å². The number of halogens is 5. The van der Waals surface area contributed by atoms with Gasteiger partial charge in [-0.1, -0.05) is 0 Å². The molecule has 10 heteroatoms. The van der Waals surface area contributed by atoms with Crippen LogP contribution in [0.15, 0.2) is 0 Å². The SMILES string of the molecule is F[Xe]F.O=S(=O)(O)C(F)(F)F. The second-order valence-corrected chi connectivity index (χ2v) is 2.67. The first-order chi connectivity index (χ1) is 4.66. The van der Waals surface area contributed by atoms with Crippen LogP contribution >= 0.6 is 0 Å². The summed E-state index contributed by atoms with van der Waals surface area (Å²) in [6, 6.07) is 0. The molecule has 0 fully saturated rings. The molecule has 0 aliphatic heterocycles. The fourth-order valence-electron chi connectivity index (χ4n) is 0. The Balaban J connectivity index is 0. The zero-order valence-electron chi connectivity index (χ0n) is 4.42. The van der Waals surface area contributed by atoms with Gasteiger partial charge in [0.05, 0.1) is 0 Å². The molecule has 0 aromatic heterocycles. The van der Waals surface area contributed by atoms with Crippen LogP contribution in [0, 0.1) is 46.0 Å². The van der Waals surface area contributed by atoms with Crippen molar-refractivity contribution in [3.05, 3.63) is 0 Å². The van der Waals surface area contributed by atoms with E-state index in [0.717, 1.165) is 0 Å². The van der Waals surface area contributed by atoms with E-state index in [0.29, 0.717) is 0 Å². The van der Waals surface area contributed by atoms with Crippen molar-refractivity contribution in [1.82, 2.24) is 0 Å². The summed E-state index contributed by atoms with van der Waals surface area (Å²) in [5, 5.41) is 0. The normalized spacial score (nSPS) is 12.2. The molecule has 0 heterocycles. The third kappa shape index (κ3) is 9.04. The van der Waals surface area contributed by atoms with Crippen LogP contribution in [-0.2, 0) is 10.1 Å². The van der Waals surface area contributed by atoms with Crippen LogP contribution in [0.1, 0.15) is 0 Å². The Kier molecular flexibility index (Phi) is 7.62. The van der Waals surface area contributed by atoms with Gasteiger partial charge >= 0.3 is 61.8 Å². The molecule has 72 valence electrons. The second kappa shape index (κ2) is 5.72. The smallest absolute Gasteiger partial charge is 0.279 e. The summed E-state index contributed by atoms with van der Waals surface area (Å²) in [7, 11) is -5.84. The first kappa shape index (κ1) is 14.6. The summed E-state index contributed by atoms with van der Waals surface area (Å²) < 4.78 is 77.0. The Morgan fingerprint density at radius 1 is 1.18 bits per heavy atom. The van der Waals surface area contributed by atoms with Gasteiger partial charge < -0.3 is 0 Å². The Labute approximate surface area is 86.8 Å². The van der Waals surface area contributed by atoms with Crippen molar-refractivity contribution in [1.29, 1.82) is 0 Å². The van der Waals surface area contributed by atoms with E-state index in [9.17, 15) is 13.3 Å². The fourth-order valence-corrected chi connectivity index (χ4v) is 0. The van der Waals surface area contributed by atoms with Gasteiger partial charge in [0.1, 0.15) is 0 Å². The van der Waals surface area contributed by atoms with E-state index in [2.05, 4.69) is 0 Å². The van der Waals surface area contributed by atoms with E-state index in [1.807, 2.05) is 0 Å². The zero-order valence-corrected chi connectivity index (χ0v) is 7.25. The molecular formula is CHF5O3SXe. The Morgan fingerprint density at radius 3 is 1.27 bits per heavy atom. The standard InChI is InChI=1S/CHF3O3S.F2Xe/c2-1(3,4)8(5,6)7;1-3-2/h(H,5,6,7);. The third-order valence-electron chi connectivity index (χ3n) is 0.292. The fraction of sp³-hybridized carbons (Fsp3) is 1.00. The topological polar surface area (TPSA) is 54.4 Å². The van der Waals surface area contributed by atoms with Crippen LogP contribution in [0.25, 0.3) is 0 Å². The molecule has 0 rings (SSSR count). The molecule has 0 radical (unpaired) electrons. The van der Waals surface area contributed by atoms with E-state index in [4.69, 9.17) is 13.0 Å². The molecular weight excluding hydrogens is 318 g/mol. The predicted molar refractivity (Wildman–Crippen MR) is 19.8 cm³/mol. The molecule has 0 aromatic carbocycles. The third-order valence-corrected chi connectivity index (χ3v) is 0.877. The van der Waals surface area contributed by atoms with Crippen molar-refractivity contribution >= 4 is 10.1 Å². The summed E-state index contributed by atoms with van der Waals surface area (Å²) in [6.45, 7) is 0. The van der Waals surface area contributed by atoms with Crippen molar-refractivity contribution < 1.29 is 72.3 Å². The largest absolute Gasteiger partial charge is 0.522 e. The molecule has 1 N–H and O–H groups in total. The Morgan fingerprint density at radius 2 is 1.27 bits per heavy atom. The molecule has 0 aliphatic rings. The van der Waals surface area contributed by atoms with Crippen LogP contribution in [0.2, 0.25) is 0 Å². The van der Waals surface area contributed by atoms with Crippen LogP contribution in [0.5, 0.6) is 0 Å². The van der Waals surface area contributed by atoms with Gasteiger partial charge in [-0.25, -0.2) is 0 Å². The maximum absolute atomic E-state index is 10.7. The number of hydrogen-bond acceptors (Lipinski definition) is 2. The second-order valence-electron chi connectivity index (χ2n) is 0.971. The summed E-state index contributed by atoms with van der Waals surface area (Å²) >= 11 is -2.29. The zero-order chi connectivity index (χ0) is 9.71. The van der Waals surface area contributed by atoms with Gasteiger partial charge in [0.15, 0.2) is 0 Å². The maximum atomic E-state index is 10.7. The van der Waals surface area contributed by atoms with Gasteiger partial charge in [-0.3, -0.25) is 4.55 Å². The minimum absolute atomic E-state index is 2.29. The predicted octanol–water partition coefficient (Wildman–Crippen LogP) is 1.23. The molecule has 0 bridgehead atoms. The van der Waals surface area contributed by atoms with Crippen molar-refractivity contribution in [3.63, 3.8) is 0 Å². The molecule has 0 aliphatic carbocycles. The minimum atomic E-state index is -5.84. The van der Waals surface area contributed by atoms with E-state index >= 15 is 0 Å². The molecule has 0 atom stereocenters. The molecule has 11 heavy (non-hydrogen) atoms. The van der Waals surface area contributed by atoms with Crippen molar-refractivity contribution in [2.24, 2.45) is 0 Å². The Hall–Kier alpha value is 1.13. The van der Waals surface area contributed by atoms with E-state index in [1.54, 1.807) is 0 Å². The molecule has 3 nitrogen and oxygen atoms in total. The van der Waals surface area contributed by atoms with Crippen LogP contribution in [0.4, 0.5) is 13.3 Å². The first-order valence-corrected chi connectivity index (χ1v) is 4.52. The van der Waals surface area contributed by atoms with E-state index in [1.165, 1.54) is 0 Å². The molecule has 0 saturated carbocycles. The van der Waals surface area contributed by atoms with Gasteiger partial charge in [0.25, 0.3) is 0 Å². The van der Waals surface area contributed by atoms with Gasteiger partial charge in [0, 0.05) is 0 Å². The van der Waals surface area contributed by atoms with Gasteiger partial charge in [0.2, 0.25) is 0 Å². The summed E-state index contributed by atoms with van der Waals surface area (Å²) in [5.74, 6) is 0. The van der Waals surface area contributed by atoms with Crippen LogP contribution < -0.4 is 0 Å². The van der Waals surface area contributed by atoms with Gasteiger partial charge in [-0.2, -0.15) is 21.6 Å². The summed E-state index contributed by atoms with van der Waals surface area (Å²) in [6.07, 6.45) is 0. The maximum Gasteiger partial charge on any atom is 0.522 e. The molecule has 0 amide bonds. The number of rotatable bonds is 0. The quantitative estimate of drug-likeness (QED) is 0.415. The molecule has 0 aromatic rings. The van der Waals surface area contributed by atoms with Gasteiger partial charge in [-0.05, 0) is 0 Å². The number of alkyl halides is 3. The first-order valence-electron chi connectivity index (χ1n) is 1.55. The monoisotopic (exact) mass is 320 g/mol.